The van der Waals surface area contributed by atoms with Crippen LogP contribution in [-0.4, -0.2) is 29.1 Å². The molecule has 0 aliphatic carbocycles. The highest BCUT2D eigenvalue weighted by molar-refractivity contribution is 5.15. The quantitative estimate of drug-likeness (QED) is 0.532. The van der Waals surface area contributed by atoms with E-state index in [1.807, 2.05) is 60.7 Å². The van der Waals surface area contributed by atoms with Crippen molar-refractivity contribution in [2.24, 2.45) is 0 Å². The first-order valence-electron chi connectivity index (χ1n) is 7.63. The van der Waals surface area contributed by atoms with Gasteiger partial charge in [-0.2, -0.15) is 0 Å². The molecule has 118 valence electrons. The lowest BCUT2D eigenvalue weighted by Gasteiger charge is -2.25. The Hall–Kier alpha value is -1.72. The van der Waals surface area contributed by atoms with Crippen LogP contribution in [0.15, 0.2) is 60.7 Å². The van der Waals surface area contributed by atoms with Crippen LogP contribution in [0.2, 0.25) is 0 Å². The fraction of sp³-hybridized carbons (Fsp3) is 0.333. The van der Waals surface area contributed by atoms with Gasteiger partial charge < -0.3 is 10.2 Å². The number of aliphatic hydroxyl groups excluding tert-OH is 2. The minimum absolute atomic E-state index is 0.0301. The van der Waals surface area contributed by atoms with Crippen LogP contribution in [0.4, 0.5) is 0 Å². The fourth-order valence-corrected chi connectivity index (χ4v) is 2.29. The van der Waals surface area contributed by atoms with Gasteiger partial charge in [0.2, 0.25) is 0 Å². The van der Waals surface area contributed by atoms with Crippen molar-refractivity contribution in [2.45, 2.75) is 31.8 Å². The van der Waals surface area contributed by atoms with Crippen molar-refractivity contribution >= 4 is 0 Å². The van der Waals surface area contributed by atoms with E-state index in [2.05, 4.69) is 10.6 Å². The van der Waals surface area contributed by atoms with Gasteiger partial charge in [0.05, 0.1) is 12.3 Å². The van der Waals surface area contributed by atoms with E-state index in [9.17, 15) is 5.11 Å². The lowest BCUT2D eigenvalue weighted by molar-refractivity contribution is 0.0807. The molecule has 2 aromatic rings. The smallest absolute Gasteiger partial charge is 0.0846 e. The second-order valence-electron chi connectivity index (χ2n) is 5.29. The summed E-state index contributed by atoms with van der Waals surface area (Å²) >= 11 is 0. The molecule has 0 saturated carbocycles. The minimum atomic E-state index is -0.641. The van der Waals surface area contributed by atoms with Crippen molar-refractivity contribution in [3.8, 4) is 0 Å². The lowest BCUT2D eigenvalue weighted by Crippen LogP contribution is -2.50. The topological polar surface area (TPSA) is 64.5 Å². The molecular weight excluding hydrogens is 276 g/mol. The Balaban J connectivity index is 1.90. The third-order valence-corrected chi connectivity index (χ3v) is 3.55. The van der Waals surface area contributed by atoms with Gasteiger partial charge in [-0.3, -0.25) is 10.6 Å². The van der Waals surface area contributed by atoms with Crippen LogP contribution in [0.1, 0.15) is 17.5 Å². The van der Waals surface area contributed by atoms with E-state index in [-0.39, 0.29) is 12.8 Å². The standard InChI is InChI=1S/C18H24N2O2/c21-12-11-17(22)18(19-13-15-7-3-1-4-8-15)20-14-16-9-5-2-6-10-16/h1-10,17-22H,11-14H2. The van der Waals surface area contributed by atoms with Crippen LogP contribution >= 0.6 is 0 Å². The summed E-state index contributed by atoms with van der Waals surface area (Å²) in [4.78, 5) is 0. The van der Waals surface area contributed by atoms with E-state index < -0.39 is 6.10 Å². The Morgan fingerprint density at radius 1 is 0.773 bits per heavy atom. The Morgan fingerprint density at radius 2 is 1.23 bits per heavy atom. The third-order valence-electron chi connectivity index (χ3n) is 3.55. The SMILES string of the molecule is OCCC(O)C(NCc1ccccc1)NCc1ccccc1. The van der Waals surface area contributed by atoms with E-state index in [0.29, 0.717) is 19.5 Å². The normalized spacial score (nSPS) is 12.5. The monoisotopic (exact) mass is 300 g/mol. The van der Waals surface area contributed by atoms with Crippen LogP contribution in [-0.2, 0) is 13.1 Å². The van der Waals surface area contributed by atoms with Crippen LogP contribution in [0.5, 0.6) is 0 Å². The third kappa shape index (κ3) is 5.58. The van der Waals surface area contributed by atoms with E-state index in [1.54, 1.807) is 0 Å². The second kappa shape index (κ2) is 9.33. The highest BCUT2D eigenvalue weighted by Gasteiger charge is 2.17. The van der Waals surface area contributed by atoms with Crippen molar-refractivity contribution < 1.29 is 10.2 Å². The Bertz CT molecular complexity index is 476. The van der Waals surface area contributed by atoms with Crippen molar-refractivity contribution in [1.82, 2.24) is 10.6 Å². The van der Waals surface area contributed by atoms with Gasteiger partial charge >= 0.3 is 0 Å². The molecule has 1 unspecified atom stereocenters. The molecule has 22 heavy (non-hydrogen) atoms. The van der Waals surface area contributed by atoms with E-state index in [1.165, 1.54) is 0 Å². The second-order valence-corrected chi connectivity index (χ2v) is 5.29. The van der Waals surface area contributed by atoms with Crippen molar-refractivity contribution in [3.05, 3.63) is 71.8 Å². The highest BCUT2D eigenvalue weighted by atomic mass is 16.3. The summed E-state index contributed by atoms with van der Waals surface area (Å²) in [7, 11) is 0. The summed E-state index contributed by atoms with van der Waals surface area (Å²) < 4.78 is 0. The first-order valence-corrected chi connectivity index (χ1v) is 7.63. The van der Waals surface area contributed by atoms with E-state index >= 15 is 0 Å². The molecular formula is C18H24N2O2. The summed E-state index contributed by atoms with van der Waals surface area (Å²) in [6.45, 7) is 1.29. The van der Waals surface area contributed by atoms with Crippen LogP contribution in [0, 0.1) is 0 Å². The Kier molecular flexibility index (Phi) is 7.06. The molecule has 0 amide bonds. The summed E-state index contributed by atoms with van der Waals surface area (Å²) in [5.41, 5.74) is 2.32. The zero-order valence-electron chi connectivity index (χ0n) is 12.7. The fourth-order valence-electron chi connectivity index (χ4n) is 2.29. The molecule has 0 bridgehead atoms. The molecule has 0 fully saturated rings. The first-order chi connectivity index (χ1) is 10.8. The number of aliphatic hydroxyl groups is 2. The number of hydrogen-bond donors (Lipinski definition) is 4. The minimum Gasteiger partial charge on any atom is -0.396 e. The van der Waals surface area contributed by atoms with Gasteiger partial charge in [0.1, 0.15) is 0 Å². The summed E-state index contributed by atoms with van der Waals surface area (Å²) in [6.07, 6.45) is -0.571. The maximum Gasteiger partial charge on any atom is 0.0846 e. The largest absolute Gasteiger partial charge is 0.396 e. The molecule has 0 heterocycles. The Morgan fingerprint density at radius 3 is 1.64 bits per heavy atom. The molecule has 0 aliphatic heterocycles. The number of rotatable bonds is 9. The molecule has 0 radical (unpaired) electrons. The predicted octanol–water partition coefficient (Wildman–Crippen LogP) is 1.64. The molecule has 0 aliphatic rings. The number of benzene rings is 2. The molecule has 4 nitrogen and oxygen atoms in total. The van der Waals surface area contributed by atoms with Gasteiger partial charge in [0, 0.05) is 19.7 Å². The summed E-state index contributed by atoms with van der Waals surface area (Å²) in [6, 6.07) is 20.1. The molecule has 1 atom stereocenters. The van der Waals surface area contributed by atoms with E-state index in [4.69, 9.17) is 5.11 Å². The van der Waals surface area contributed by atoms with Gasteiger partial charge in [-0.05, 0) is 17.5 Å². The average molecular weight is 300 g/mol. The lowest BCUT2D eigenvalue weighted by atomic mass is 10.1. The highest BCUT2D eigenvalue weighted by Crippen LogP contribution is 2.04. The molecule has 0 saturated heterocycles. The number of nitrogens with one attached hydrogen (secondary N) is 2. The Labute approximate surface area is 131 Å². The van der Waals surface area contributed by atoms with Crippen LogP contribution in [0.3, 0.4) is 0 Å². The van der Waals surface area contributed by atoms with Gasteiger partial charge in [0.25, 0.3) is 0 Å². The van der Waals surface area contributed by atoms with Gasteiger partial charge in [-0.25, -0.2) is 0 Å². The zero-order chi connectivity index (χ0) is 15.6. The summed E-state index contributed by atoms with van der Waals surface area (Å²) in [5.74, 6) is 0. The molecule has 2 rings (SSSR count). The summed E-state index contributed by atoms with van der Waals surface area (Å²) in [5, 5.41) is 25.9. The molecule has 0 aromatic heterocycles. The predicted molar refractivity (Wildman–Crippen MR) is 88.1 cm³/mol. The van der Waals surface area contributed by atoms with Gasteiger partial charge in [-0.1, -0.05) is 60.7 Å². The number of hydrogen-bond acceptors (Lipinski definition) is 4. The van der Waals surface area contributed by atoms with Crippen molar-refractivity contribution in [3.63, 3.8) is 0 Å². The average Bonchev–Trinajstić information content (AvgIpc) is 2.57. The van der Waals surface area contributed by atoms with E-state index in [0.717, 1.165) is 11.1 Å². The van der Waals surface area contributed by atoms with Gasteiger partial charge in [-0.15, -0.1) is 0 Å². The van der Waals surface area contributed by atoms with Gasteiger partial charge in [0.15, 0.2) is 0 Å². The molecule has 0 spiro atoms. The molecule has 2 aromatic carbocycles. The molecule has 4 heteroatoms. The maximum absolute atomic E-state index is 10.2. The molecule has 4 N–H and O–H groups in total. The van der Waals surface area contributed by atoms with Crippen LogP contribution in [0.25, 0.3) is 0 Å². The van der Waals surface area contributed by atoms with Crippen molar-refractivity contribution in [2.75, 3.05) is 6.61 Å². The van der Waals surface area contributed by atoms with Crippen LogP contribution < -0.4 is 10.6 Å². The maximum atomic E-state index is 10.2. The van der Waals surface area contributed by atoms with Crippen molar-refractivity contribution in [1.29, 1.82) is 0 Å². The first kappa shape index (κ1) is 16.6. The zero-order valence-corrected chi connectivity index (χ0v) is 12.7.